The number of nitrogens with zero attached hydrogens (tertiary/aromatic N) is 2. The summed E-state index contributed by atoms with van der Waals surface area (Å²) in [4.78, 5) is 7.06. The Labute approximate surface area is 153 Å². The Hall–Kier alpha value is -1.61. The van der Waals surface area contributed by atoms with Crippen molar-refractivity contribution in [3.05, 3.63) is 57.6 Å². The first-order valence-electron chi connectivity index (χ1n) is 8.46. The highest BCUT2D eigenvalue weighted by molar-refractivity contribution is 9.10. The monoisotopic (exact) mass is 384 g/mol. The van der Waals surface area contributed by atoms with E-state index in [1.807, 2.05) is 12.3 Å². The van der Waals surface area contributed by atoms with Crippen LogP contribution in [-0.4, -0.2) is 18.8 Å². The second-order valence-electron chi connectivity index (χ2n) is 7.51. The summed E-state index contributed by atoms with van der Waals surface area (Å²) in [5.41, 5.74) is 6.31. The molecule has 126 valence electrons. The van der Waals surface area contributed by atoms with Crippen LogP contribution in [0.25, 0.3) is 0 Å². The minimum absolute atomic E-state index is 0.203. The van der Waals surface area contributed by atoms with Crippen molar-refractivity contribution in [1.29, 1.82) is 0 Å². The summed E-state index contributed by atoms with van der Waals surface area (Å²) in [6.45, 7) is 9.04. The van der Waals surface area contributed by atoms with Gasteiger partial charge in [0.2, 0.25) is 0 Å². The third-order valence-corrected chi connectivity index (χ3v) is 5.75. The summed E-state index contributed by atoms with van der Waals surface area (Å²) in [5, 5.41) is 0. The molecule has 1 heterocycles. The average molecular weight is 385 g/mol. The number of aryl methyl sites for hydroxylation is 1. The van der Waals surface area contributed by atoms with Gasteiger partial charge in [0.25, 0.3) is 0 Å². The number of anilines is 1. The maximum atomic E-state index is 4.65. The van der Waals surface area contributed by atoms with Gasteiger partial charge < -0.3 is 4.90 Å². The van der Waals surface area contributed by atoms with Gasteiger partial charge in [0.05, 0.1) is 5.69 Å². The number of hydrogen-bond acceptors (Lipinski definition) is 2. The van der Waals surface area contributed by atoms with Crippen LogP contribution in [0.15, 0.2) is 45.9 Å². The number of rotatable bonds is 2. The van der Waals surface area contributed by atoms with Crippen LogP contribution in [0.1, 0.15) is 49.8 Å². The van der Waals surface area contributed by atoms with Gasteiger partial charge in [-0.15, -0.1) is 0 Å². The van der Waals surface area contributed by atoms with Crippen molar-refractivity contribution in [3.8, 4) is 0 Å². The molecule has 0 aliphatic carbocycles. The smallest absolute Gasteiger partial charge is 0.0772 e. The van der Waals surface area contributed by atoms with Gasteiger partial charge in [0.1, 0.15) is 0 Å². The first-order valence-corrected chi connectivity index (χ1v) is 9.25. The van der Waals surface area contributed by atoms with Crippen LogP contribution in [0.2, 0.25) is 0 Å². The normalized spacial score (nSPS) is 19.6. The van der Waals surface area contributed by atoms with Crippen molar-refractivity contribution < 1.29 is 0 Å². The van der Waals surface area contributed by atoms with Crippen LogP contribution in [0.5, 0.6) is 0 Å². The summed E-state index contributed by atoms with van der Waals surface area (Å²) < 4.78 is 1.03. The fraction of sp³-hybridized carbons (Fsp3) is 0.381. The van der Waals surface area contributed by atoms with E-state index < -0.39 is 0 Å². The second kappa shape index (κ2) is 6.36. The van der Waals surface area contributed by atoms with E-state index in [0.717, 1.165) is 15.7 Å². The molecule has 3 rings (SSSR count). The summed E-state index contributed by atoms with van der Waals surface area (Å²) in [6, 6.07) is 12.9. The van der Waals surface area contributed by atoms with Gasteiger partial charge in [0.15, 0.2) is 0 Å². The van der Waals surface area contributed by atoms with E-state index in [9.17, 15) is 0 Å². The predicted octanol–water partition coefficient (Wildman–Crippen LogP) is 6.23. The zero-order valence-electron chi connectivity index (χ0n) is 15.1. The first kappa shape index (κ1) is 17.2. The van der Waals surface area contributed by atoms with Gasteiger partial charge in [-0.25, -0.2) is 0 Å². The number of benzene rings is 2. The molecular weight excluding hydrogens is 360 g/mol. The van der Waals surface area contributed by atoms with Crippen molar-refractivity contribution in [1.82, 2.24) is 0 Å². The fourth-order valence-corrected chi connectivity index (χ4v) is 4.13. The van der Waals surface area contributed by atoms with E-state index in [4.69, 9.17) is 0 Å². The van der Waals surface area contributed by atoms with Gasteiger partial charge in [0, 0.05) is 29.0 Å². The molecule has 3 heteroatoms. The van der Waals surface area contributed by atoms with Gasteiger partial charge in [-0.05, 0) is 90.0 Å². The molecule has 0 saturated heterocycles. The van der Waals surface area contributed by atoms with Crippen molar-refractivity contribution in [2.75, 3.05) is 11.9 Å². The summed E-state index contributed by atoms with van der Waals surface area (Å²) >= 11 is 3.59. The maximum absolute atomic E-state index is 4.65. The lowest BCUT2D eigenvalue weighted by Gasteiger charge is -2.45. The number of aliphatic imine (C=N–C) groups is 1. The second-order valence-corrected chi connectivity index (χ2v) is 8.36. The standard InChI is InChI=1S/C21H25BrN2/c1-14-6-8-19(18(22)10-14)23-13-16-7-9-20-17(11-16)15(2)12-21(3,4)24(20)5/h6-11,13,15H,12H2,1-5H3. The molecule has 0 bridgehead atoms. The third kappa shape index (κ3) is 3.27. The Morgan fingerprint density at radius 1 is 1.21 bits per heavy atom. The highest BCUT2D eigenvalue weighted by atomic mass is 79.9. The van der Waals surface area contributed by atoms with Crippen molar-refractivity contribution in [2.24, 2.45) is 4.99 Å². The van der Waals surface area contributed by atoms with Crippen LogP contribution in [0, 0.1) is 6.92 Å². The molecule has 2 nitrogen and oxygen atoms in total. The summed E-state index contributed by atoms with van der Waals surface area (Å²) in [6.07, 6.45) is 3.13. The molecule has 2 aromatic carbocycles. The largest absolute Gasteiger partial charge is 0.369 e. The molecule has 0 saturated carbocycles. The Morgan fingerprint density at radius 2 is 1.96 bits per heavy atom. The molecule has 2 aromatic rings. The molecular formula is C21H25BrN2. The van der Waals surface area contributed by atoms with Crippen molar-refractivity contribution >= 4 is 33.5 Å². The highest BCUT2D eigenvalue weighted by Gasteiger charge is 2.33. The van der Waals surface area contributed by atoms with Gasteiger partial charge >= 0.3 is 0 Å². The van der Waals surface area contributed by atoms with Gasteiger partial charge in [-0.3, -0.25) is 4.99 Å². The Morgan fingerprint density at radius 3 is 2.67 bits per heavy atom. The molecule has 0 aromatic heterocycles. The van der Waals surface area contributed by atoms with E-state index in [2.05, 4.69) is 90.9 Å². The van der Waals surface area contributed by atoms with Crippen LogP contribution in [0.3, 0.4) is 0 Å². The fourth-order valence-electron chi connectivity index (χ4n) is 3.54. The van der Waals surface area contributed by atoms with Crippen molar-refractivity contribution in [3.63, 3.8) is 0 Å². The van der Waals surface area contributed by atoms with E-state index >= 15 is 0 Å². The molecule has 1 aliphatic rings. The number of hydrogen-bond donors (Lipinski definition) is 0. The van der Waals surface area contributed by atoms with Crippen LogP contribution in [0.4, 0.5) is 11.4 Å². The predicted molar refractivity (Wildman–Crippen MR) is 108 cm³/mol. The zero-order valence-corrected chi connectivity index (χ0v) is 16.7. The Balaban J connectivity index is 1.92. The number of fused-ring (bicyclic) bond motifs is 1. The molecule has 0 N–H and O–H groups in total. The van der Waals surface area contributed by atoms with Crippen LogP contribution in [-0.2, 0) is 0 Å². The molecule has 1 unspecified atom stereocenters. The molecule has 1 aliphatic heterocycles. The number of halogens is 1. The minimum atomic E-state index is 0.203. The summed E-state index contributed by atoms with van der Waals surface area (Å²) in [5.74, 6) is 0.561. The topological polar surface area (TPSA) is 15.6 Å². The van der Waals surface area contributed by atoms with E-state index in [-0.39, 0.29) is 5.54 Å². The van der Waals surface area contributed by atoms with E-state index in [1.54, 1.807) is 0 Å². The quantitative estimate of drug-likeness (QED) is 0.560. The van der Waals surface area contributed by atoms with Crippen molar-refractivity contribution in [2.45, 2.75) is 45.6 Å². The van der Waals surface area contributed by atoms with Gasteiger partial charge in [-0.1, -0.05) is 19.1 Å². The maximum Gasteiger partial charge on any atom is 0.0772 e. The van der Waals surface area contributed by atoms with Crippen LogP contribution < -0.4 is 4.90 Å². The summed E-state index contributed by atoms with van der Waals surface area (Å²) in [7, 11) is 2.20. The molecule has 0 fully saturated rings. The molecule has 1 atom stereocenters. The zero-order chi connectivity index (χ0) is 17.5. The minimum Gasteiger partial charge on any atom is -0.369 e. The third-order valence-electron chi connectivity index (χ3n) is 5.11. The lowest BCUT2D eigenvalue weighted by molar-refractivity contribution is 0.395. The Bertz CT molecular complexity index is 792. The molecule has 0 radical (unpaired) electrons. The molecule has 24 heavy (non-hydrogen) atoms. The van der Waals surface area contributed by atoms with Crippen LogP contribution >= 0.6 is 15.9 Å². The lowest BCUT2D eigenvalue weighted by Crippen LogP contribution is -2.45. The Kier molecular flexibility index (Phi) is 4.56. The van der Waals surface area contributed by atoms with E-state index in [0.29, 0.717) is 5.92 Å². The average Bonchev–Trinajstić information content (AvgIpc) is 2.51. The first-order chi connectivity index (χ1) is 11.3. The lowest BCUT2D eigenvalue weighted by atomic mass is 9.80. The molecule has 0 amide bonds. The SMILES string of the molecule is Cc1ccc(N=Cc2ccc3c(c2)C(C)CC(C)(C)N3C)c(Br)c1. The highest BCUT2D eigenvalue weighted by Crippen LogP contribution is 2.42. The molecule has 0 spiro atoms. The van der Waals surface area contributed by atoms with E-state index in [1.165, 1.54) is 23.2 Å². The van der Waals surface area contributed by atoms with Gasteiger partial charge in [-0.2, -0.15) is 0 Å².